The summed E-state index contributed by atoms with van der Waals surface area (Å²) < 4.78 is 0.864. The van der Waals surface area contributed by atoms with Crippen molar-refractivity contribution in [1.29, 1.82) is 0 Å². The summed E-state index contributed by atoms with van der Waals surface area (Å²) in [6.07, 6.45) is 8.03. The molecule has 1 saturated carbocycles. The Bertz CT molecular complexity index is 506. The molecule has 1 aromatic rings. The third kappa shape index (κ3) is 3.90. The number of hydrogen-bond acceptors (Lipinski definition) is 2. The fraction of sp³-hybridized carbons (Fsp3) is 0.611. The second-order valence-corrected chi connectivity index (χ2v) is 7.46. The van der Waals surface area contributed by atoms with Crippen LogP contribution in [0.25, 0.3) is 0 Å². The molecule has 0 radical (unpaired) electrons. The van der Waals surface area contributed by atoms with E-state index in [4.69, 9.17) is 0 Å². The van der Waals surface area contributed by atoms with E-state index in [0.29, 0.717) is 5.92 Å². The number of carbonyl (C=O) groups excluding carboxylic acids is 1. The van der Waals surface area contributed by atoms with E-state index in [2.05, 4.69) is 26.1 Å². The maximum absolute atomic E-state index is 12.2. The van der Waals surface area contributed by atoms with Gasteiger partial charge in [0.15, 0.2) is 0 Å². The van der Waals surface area contributed by atoms with Crippen molar-refractivity contribution in [1.82, 2.24) is 10.2 Å². The van der Waals surface area contributed by atoms with Gasteiger partial charge in [-0.2, -0.15) is 0 Å². The number of piperidine rings is 1. The first-order valence-corrected chi connectivity index (χ1v) is 9.30. The zero-order valence-corrected chi connectivity index (χ0v) is 14.6. The van der Waals surface area contributed by atoms with Gasteiger partial charge in [0.05, 0.1) is 5.56 Å². The molecular formula is C18H25BrN2O. The summed E-state index contributed by atoms with van der Waals surface area (Å²) in [5.74, 6) is 0.662. The number of nitrogens with one attached hydrogen (secondary N) is 1. The topological polar surface area (TPSA) is 32.3 Å². The predicted molar refractivity (Wildman–Crippen MR) is 93.0 cm³/mol. The summed E-state index contributed by atoms with van der Waals surface area (Å²) in [6, 6.07) is 8.45. The van der Waals surface area contributed by atoms with Gasteiger partial charge < -0.3 is 10.2 Å². The van der Waals surface area contributed by atoms with Crippen molar-refractivity contribution in [2.75, 3.05) is 19.6 Å². The quantitative estimate of drug-likeness (QED) is 0.880. The van der Waals surface area contributed by atoms with Crippen LogP contribution >= 0.6 is 15.9 Å². The summed E-state index contributed by atoms with van der Waals surface area (Å²) in [5.41, 5.74) is 0.728. The smallest absolute Gasteiger partial charge is 0.252 e. The van der Waals surface area contributed by atoms with Gasteiger partial charge in [0.1, 0.15) is 0 Å². The van der Waals surface area contributed by atoms with E-state index in [-0.39, 0.29) is 5.91 Å². The molecule has 4 heteroatoms. The van der Waals surface area contributed by atoms with Crippen LogP contribution in [-0.4, -0.2) is 36.5 Å². The predicted octanol–water partition coefficient (Wildman–Crippen LogP) is 3.83. The number of likely N-dealkylation sites (tertiary alicyclic amines) is 1. The van der Waals surface area contributed by atoms with E-state index in [0.717, 1.165) is 22.6 Å². The number of carbonyl (C=O) groups is 1. The van der Waals surface area contributed by atoms with Crippen LogP contribution in [0.15, 0.2) is 28.7 Å². The number of hydrogen-bond donors (Lipinski definition) is 1. The highest BCUT2D eigenvalue weighted by atomic mass is 79.9. The molecule has 22 heavy (non-hydrogen) atoms. The molecule has 2 fully saturated rings. The molecule has 1 aliphatic heterocycles. The molecule has 1 amide bonds. The molecule has 1 heterocycles. The van der Waals surface area contributed by atoms with Crippen molar-refractivity contribution in [2.45, 2.75) is 44.6 Å². The van der Waals surface area contributed by atoms with Crippen molar-refractivity contribution in [3.8, 4) is 0 Å². The van der Waals surface area contributed by atoms with Crippen molar-refractivity contribution in [3.05, 3.63) is 34.3 Å². The minimum atomic E-state index is 0.0331. The molecule has 120 valence electrons. The Balaban J connectivity index is 1.43. The van der Waals surface area contributed by atoms with E-state index in [1.54, 1.807) is 0 Å². The second kappa shape index (κ2) is 7.60. The Labute approximate surface area is 141 Å². The van der Waals surface area contributed by atoms with Crippen LogP contribution in [0.1, 0.15) is 48.9 Å². The fourth-order valence-electron chi connectivity index (χ4n) is 3.77. The lowest BCUT2D eigenvalue weighted by Crippen LogP contribution is -2.42. The van der Waals surface area contributed by atoms with Gasteiger partial charge in [-0.3, -0.25) is 4.79 Å². The highest BCUT2D eigenvalue weighted by Crippen LogP contribution is 2.27. The first-order valence-electron chi connectivity index (χ1n) is 8.51. The van der Waals surface area contributed by atoms with Crippen molar-refractivity contribution in [3.63, 3.8) is 0 Å². The van der Waals surface area contributed by atoms with Crippen molar-refractivity contribution in [2.24, 2.45) is 5.92 Å². The molecule has 3 rings (SSSR count). The van der Waals surface area contributed by atoms with Crippen LogP contribution < -0.4 is 5.32 Å². The Hall–Kier alpha value is -0.870. The van der Waals surface area contributed by atoms with E-state index in [1.807, 2.05) is 24.3 Å². The van der Waals surface area contributed by atoms with Crippen LogP contribution in [0.2, 0.25) is 0 Å². The van der Waals surface area contributed by atoms with Gasteiger partial charge >= 0.3 is 0 Å². The molecule has 0 aromatic heterocycles. The zero-order valence-electron chi connectivity index (χ0n) is 13.1. The normalized spacial score (nSPS) is 21.1. The third-order valence-electron chi connectivity index (χ3n) is 5.16. The molecular weight excluding hydrogens is 340 g/mol. The van der Waals surface area contributed by atoms with Gasteiger partial charge in [0.2, 0.25) is 0 Å². The molecule has 3 nitrogen and oxygen atoms in total. The molecule has 0 atom stereocenters. The zero-order chi connectivity index (χ0) is 15.4. The van der Waals surface area contributed by atoms with Gasteiger partial charge in [-0.25, -0.2) is 0 Å². The highest BCUT2D eigenvalue weighted by Gasteiger charge is 2.27. The molecule has 1 N–H and O–H groups in total. The first-order chi connectivity index (χ1) is 10.7. The van der Waals surface area contributed by atoms with E-state index >= 15 is 0 Å². The number of halogens is 1. The van der Waals surface area contributed by atoms with Crippen LogP contribution in [0.5, 0.6) is 0 Å². The monoisotopic (exact) mass is 364 g/mol. The summed E-state index contributed by atoms with van der Waals surface area (Å²) in [6.45, 7) is 3.22. The van der Waals surface area contributed by atoms with Gasteiger partial charge in [-0.05, 0) is 72.8 Å². The summed E-state index contributed by atoms with van der Waals surface area (Å²) in [7, 11) is 0. The van der Waals surface area contributed by atoms with Gasteiger partial charge in [-0.1, -0.05) is 25.0 Å². The molecule has 0 bridgehead atoms. The summed E-state index contributed by atoms with van der Waals surface area (Å²) in [4.78, 5) is 14.9. The Morgan fingerprint density at radius 1 is 1.14 bits per heavy atom. The summed E-state index contributed by atoms with van der Waals surface area (Å²) >= 11 is 3.44. The molecule has 2 aliphatic rings. The largest absolute Gasteiger partial charge is 0.352 e. The molecule has 1 aromatic carbocycles. The lowest BCUT2D eigenvalue weighted by Gasteiger charge is -2.36. The second-order valence-electron chi connectivity index (χ2n) is 6.61. The van der Waals surface area contributed by atoms with Gasteiger partial charge in [0.25, 0.3) is 5.91 Å². The first kappa shape index (κ1) is 16.0. The fourth-order valence-corrected chi connectivity index (χ4v) is 4.23. The van der Waals surface area contributed by atoms with Crippen molar-refractivity contribution >= 4 is 21.8 Å². The van der Waals surface area contributed by atoms with Crippen LogP contribution in [0, 0.1) is 5.92 Å². The van der Waals surface area contributed by atoms with Crippen LogP contribution in [-0.2, 0) is 0 Å². The van der Waals surface area contributed by atoms with Crippen LogP contribution in [0.3, 0.4) is 0 Å². The summed E-state index contributed by atoms with van der Waals surface area (Å²) in [5, 5.41) is 3.11. The Morgan fingerprint density at radius 2 is 1.82 bits per heavy atom. The minimum absolute atomic E-state index is 0.0331. The standard InChI is InChI=1S/C18H25BrN2O/c19-17-8-4-3-7-16(17)18(22)20-13-14-9-11-21(12-10-14)15-5-1-2-6-15/h3-4,7-8,14-15H,1-2,5-6,9-13H2,(H,20,22). The maximum Gasteiger partial charge on any atom is 0.252 e. The molecule has 0 spiro atoms. The Morgan fingerprint density at radius 3 is 2.50 bits per heavy atom. The van der Waals surface area contributed by atoms with Crippen molar-refractivity contribution < 1.29 is 4.79 Å². The van der Waals surface area contributed by atoms with Gasteiger partial charge in [0, 0.05) is 17.1 Å². The maximum atomic E-state index is 12.2. The molecule has 0 unspecified atom stereocenters. The molecule has 1 aliphatic carbocycles. The van der Waals surface area contributed by atoms with E-state index < -0.39 is 0 Å². The van der Waals surface area contributed by atoms with Crippen LogP contribution in [0.4, 0.5) is 0 Å². The number of nitrogens with zero attached hydrogens (tertiary/aromatic N) is 1. The average molecular weight is 365 g/mol. The minimum Gasteiger partial charge on any atom is -0.352 e. The number of benzene rings is 1. The Kier molecular flexibility index (Phi) is 5.53. The lowest BCUT2D eigenvalue weighted by atomic mass is 9.95. The third-order valence-corrected chi connectivity index (χ3v) is 5.85. The molecule has 1 saturated heterocycles. The lowest BCUT2D eigenvalue weighted by molar-refractivity contribution is 0.0924. The average Bonchev–Trinajstić information content (AvgIpc) is 3.08. The van der Waals surface area contributed by atoms with Gasteiger partial charge in [-0.15, -0.1) is 0 Å². The highest BCUT2D eigenvalue weighted by molar-refractivity contribution is 9.10. The number of amides is 1. The SMILES string of the molecule is O=C(NCC1CCN(C2CCCC2)CC1)c1ccccc1Br. The van der Waals surface area contributed by atoms with E-state index in [1.165, 1.54) is 51.6 Å². The van der Waals surface area contributed by atoms with E-state index in [9.17, 15) is 4.79 Å². The number of rotatable bonds is 4.